The molecule has 0 heterocycles. The number of nitrogens with one attached hydrogen (secondary N) is 2. The Bertz CT molecular complexity index is 819. The Hall–Kier alpha value is -2.42. The average Bonchev–Trinajstić information content (AvgIpc) is 2.61. The summed E-state index contributed by atoms with van der Waals surface area (Å²) in [5.74, 6) is 0.00732. The molecule has 2 aromatic carbocycles. The van der Waals surface area contributed by atoms with Crippen LogP contribution in [-0.2, 0) is 21.4 Å². The van der Waals surface area contributed by atoms with E-state index in [1.165, 1.54) is 12.1 Å². The van der Waals surface area contributed by atoms with E-state index in [0.29, 0.717) is 24.5 Å². The molecule has 0 saturated carbocycles. The van der Waals surface area contributed by atoms with Gasteiger partial charge in [-0.1, -0.05) is 12.1 Å². The molecule has 0 aliphatic carbocycles. The third kappa shape index (κ3) is 5.28. The molecule has 2 N–H and O–H groups in total. The van der Waals surface area contributed by atoms with E-state index in [1.54, 1.807) is 37.4 Å². The van der Waals surface area contributed by atoms with E-state index < -0.39 is 15.9 Å². The molecule has 8 heteroatoms. The van der Waals surface area contributed by atoms with E-state index in [2.05, 4.69) is 10.3 Å². The molecule has 7 nitrogen and oxygen atoms in total. The molecule has 0 saturated heterocycles. The summed E-state index contributed by atoms with van der Waals surface area (Å²) in [7, 11) is -2.32. The fourth-order valence-electron chi connectivity index (χ4n) is 2.10. The van der Waals surface area contributed by atoms with Crippen LogP contribution in [0.3, 0.4) is 0 Å². The third-order valence-electron chi connectivity index (χ3n) is 3.24. The van der Waals surface area contributed by atoms with Crippen molar-refractivity contribution in [2.45, 2.75) is 18.4 Å². The standard InChI is InChI=1S/C17H20N2O5S/c1-3-24-15-7-9-16(10-8-15)25(21,22)19-18-17(20)14-6-4-5-13(11-14)12-23-2/h4-11,19H,3,12H2,1-2H3,(H,18,20). The van der Waals surface area contributed by atoms with Crippen molar-refractivity contribution in [3.05, 3.63) is 59.7 Å². The van der Waals surface area contributed by atoms with Crippen molar-refractivity contribution >= 4 is 15.9 Å². The molecule has 0 spiro atoms. The summed E-state index contributed by atoms with van der Waals surface area (Å²) in [5, 5.41) is 0. The van der Waals surface area contributed by atoms with Gasteiger partial charge in [0.15, 0.2) is 0 Å². The highest BCUT2D eigenvalue weighted by molar-refractivity contribution is 7.89. The fraction of sp³-hybridized carbons (Fsp3) is 0.235. The molecule has 134 valence electrons. The van der Waals surface area contributed by atoms with Gasteiger partial charge in [0.05, 0.1) is 18.1 Å². The molecule has 2 aromatic rings. The van der Waals surface area contributed by atoms with Gasteiger partial charge in [-0.25, -0.2) is 8.42 Å². The Morgan fingerprint density at radius 3 is 2.48 bits per heavy atom. The Morgan fingerprint density at radius 2 is 1.84 bits per heavy atom. The van der Waals surface area contributed by atoms with Gasteiger partial charge in [0.25, 0.3) is 15.9 Å². The summed E-state index contributed by atoms with van der Waals surface area (Å²) in [4.78, 5) is 14.2. The zero-order chi connectivity index (χ0) is 18.3. The van der Waals surface area contributed by atoms with Crippen molar-refractivity contribution < 1.29 is 22.7 Å². The van der Waals surface area contributed by atoms with Crippen LogP contribution in [0.15, 0.2) is 53.4 Å². The van der Waals surface area contributed by atoms with E-state index >= 15 is 0 Å². The summed E-state index contributed by atoms with van der Waals surface area (Å²) in [6.07, 6.45) is 0. The van der Waals surface area contributed by atoms with Crippen LogP contribution in [0.1, 0.15) is 22.8 Å². The fourth-order valence-corrected chi connectivity index (χ4v) is 2.93. The van der Waals surface area contributed by atoms with Crippen LogP contribution in [0.25, 0.3) is 0 Å². The summed E-state index contributed by atoms with van der Waals surface area (Å²) in [6, 6.07) is 12.6. The normalized spacial score (nSPS) is 11.1. The van der Waals surface area contributed by atoms with E-state index in [4.69, 9.17) is 9.47 Å². The first-order valence-corrected chi connectivity index (χ1v) is 9.07. The molecule has 1 amide bonds. The Balaban J connectivity index is 2.03. The highest BCUT2D eigenvalue weighted by Gasteiger charge is 2.16. The number of amides is 1. The first-order chi connectivity index (χ1) is 12.0. The minimum absolute atomic E-state index is 0.0180. The van der Waals surface area contributed by atoms with Crippen molar-refractivity contribution in [2.24, 2.45) is 0 Å². The lowest BCUT2D eigenvalue weighted by atomic mass is 10.1. The second-order valence-electron chi connectivity index (χ2n) is 5.10. The van der Waals surface area contributed by atoms with Crippen molar-refractivity contribution in [2.75, 3.05) is 13.7 Å². The maximum atomic E-state index is 12.2. The van der Waals surface area contributed by atoms with Crippen molar-refractivity contribution in [1.29, 1.82) is 0 Å². The second-order valence-corrected chi connectivity index (χ2v) is 6.78. The number of ether oxygens (including phenoxy) is 2. The Kier molecular flexibility index (Phi) is 6.51. The molecular formula is C17H20N2O5S. The van der Waals surface area contributed by atoms with Gasteiger partial charge in [-0.2, -0.15) is 0 Å². The number of carbonyl (C=O) groups is 1. The van der Waals surface area contributed by atoms with Gasteiger partial charge < -0.3 is 9.47 Å². The van der Waals surface area contributed by atoms with Gasteiger partial charge in [-0.3, -0.25) is 10.2 Å². The molecule has 0 aliphatic heterocycles. The SMILES string of the molecule is CCOc1ccc(S(=O)(=O)NNC(=O)c2cccc(COC)c2)cc1. The summed E-state index contributed by atoms with van der Waals surface area (Å²) < 4.78 is 34.7. The lowest BCUT2D eigenvalue weighted by Crippen LogP contribution is -2.41. The van der Waals surface area contributed by atoms with Gasteiger partial charge in [0.1, 0.15) is 5.75 Å². The average molecular weight is 364 g/mol. The second kappa shape index (κ2) is 8.61. The maximum Gasteiger partial charge on any atom is 0.266 e. The van der Waals surface area contributed by atoms with Crippen LogP contribution < -0.4 is 15.0 Å². The zero-order valence-corrected chi connectivity index (χ0v) is 14.8. The predicted molar refractivity (Wildman–Crippen MR) is 92.6 cm³/mol. The Labute approximate surface area is 147 Å². The summed E-state index contributed by atoms with van der Waals surface area (Å²) in [6.45, 7) is 2.69. The molecule has 0 radical (unpaired) electrons. The monoisotopic (exact) mass is 364 g/mol. The van der Waals surface area contributed by atoms with Crippen LogP contribution >= 0.6 is 0 Å². The van der Waals surface area contributed by atoms with Crippen LogP contribution in [0.5, 0.6) is 5.75 Å². The molecule has 0 aromatic heterocycles. The van der Waals surface area contributed by atoms with Gasteiger partial charge in [-0.05, 0) is 48.9 Å². The van der Waals surface area contributed by atoms with Gasteiger partial charge in [-0.15, -0.1) is 4.83 Å². The third-order valence-corrected chi connectivity index (χ3v) is 4.51. The molecule has 0 atom stereocenters. The number of methoxy groups -OCH3 is 1. The number of sulfonamides is 1. The molecule has 0 fully saturated rings. The molecule has 2 rings (SSSR count). The molecule has 0 unspecified atom stereocenters. The van der Waals surface area contributed by atoms with E-state index in [1.807, 2.05) is 13.0 Å². The number of carbonyl (C=O) groups excluding carboxylic acids is 1. The molecule has 0 bridgehead atoms. The van der Waals surface area contributed by atoms with E-state index in [9.17, 15) is 13.2 Å². The van der Waals surface area contributed by atoms with Crippen molar-refractivity contribution in [1.82, 2.24) is 10.3 Å². The topological polar surface area (TPSA) is 93.7 Å². The first kappa shape index (κ1) is 18.9. The largest absolute Gasteiger partial charge is 0.494 e. The maximum absolute atomic E-state index is 12.2. The van der Waals surface area contributed by atoms with Gasteiger partial charge >= 0.3 is 0 Å². The molecule has 0 aliphatic rings. The number of hydrogen-bond acceptors (Lipinski definition) is 5. The lowest BCUT2D eigenvalue weighted by molar-refractivity contribution is 0.0944. The first-order valence-electron chi connectivity index (χ1n) is 7.59. The number of rotatable bonds is 8. The highest BCUT2D eigenvalue weighted by Crippen LogP contribution is 2.15. The van der Waals surface area contributed by atoms with Crippen molar-refractivity contribution in [3.8, 4) is 5.75 Å². The molecular weight excluding hydrogens is 344 g/mol. The van der Waals surface area contributed by atoms with Crippen LogP contribution in [0, 0.1) is 0 Å². The van der Waals surface area contributed by atoms with Crippen LogP contribution in [0.4, 0.5) is 0 Å². The lowest BCUT2D eigenvalue weighted by Gasteiger charge is -2.10. The quantitative estimate of drug-likeness (QED) is 0.697. The zero-order valence-electron chi connectivity index (χ0n) is 14.0. The van der Waals surface area contributed by atoms with E-state index in [-0.39, 0.29) is 4.90 Å². The number of benzene rings is 2. The minimum atomic E-state index is -3.88. The minimum Gasteiger partial charge on any atom is -0.494 e. The predicted octanol–water partition coefficient (Wildman–Crippen LogP) is 1.85. The van der Waals surface area contributed by atoms with Crippen LogP contribution in [-0.4, -0.2) is 28.0 Å². The van der Waals surface area contributed by atoms with Gasteiger partial charge in [0, 0.05) is 12.7 Å². The smallest absolute Gasteiger partial charge is 0.266 e. The number of hydrazine groups is 1. The van der Waals surface area contributed by atoms with Crippen molar-refractivity contribution in [3.63, 3.8) is 0 Å². The van der Waals surface area contributed by atoms with Gasteiger partial charge in [0.2, 0.25) is 0 Å². The number of hydrogen-bond donors (Lipinski definition) is 2. The molecule has 25 heavy (non-hydrogen) atoms. The Morgan fingerprint density at radius 1 is 1.12 bits per heavy atom. The van der Waals surface area contributed by atoms with E-state index in [0.717, 1.165) is 5.56 Å². The summed E-state index contributed by atoms with van der Waals surface area (Å²) >= 11 is 0. The highest BCUT2D eigenvalue weighted by atomic mass is 32.2. The summed E-state index contributed by atoms with van der Waals surface area (Å²) in [5.41, 5.74) is 3.33. The van der Waals surface area contributed by atoms with Crippen LogP contribution in [0.2, 0.25) is 0 Å².